The monoisotopic (exact) mass is 266 g/mol. The molecule has 0 saturated carbocycles. The Morgan fingerprint density at radius 2 is 1.78 bits per heavy atom. The van der Waals surface area contributed by atoms with Gasteiger partial charge in [-0.25, -0.2) is 4.39 Å². The summed E-state index contributed by atoms with van der Waals surface area (Å²) < 4.78 is 39.5. The van der Waals surface area contributed by atoms with Crippen molar-refractivity contribution in [3.8, 4) is 0 Å². The molecule has 0 aliphatic carbocycles. The molecule has 0 N–H and O–H groups in total. The molecule has 1 fully saturated rings. The van der Waals surface area contributed by atoms with Crippen molar-refractivity contribution in [1.29, 1.82) is 0 Å². The lowest BCUT2D eigenvalue weighted by molar-refractivity contribution is -0.293. The highest BCUT2D eigenvalue weighted by Crippen LogP contribution is 2.27. The maximum absolute atomic E-state index is 14.1. The summed E-state index contributed by atoms with van der Waals surface area (Å²) in [5.74, 6) is -0.498. The molecule has 1 saturated heterocycles. The minimum absolute atomic E-state index is 0.188. The Kier molecular flexibility index (Phi) is 5.94. The number of hydrogen-bond acceptors (Lipinski definition) is 6. The van der Waals surface area contributed by atoms with E-state index in [4.69, 9.17) is 23.7 Å². The first-order valence-corrected chi connectivity index (χ1v) is 5.56. The van der Waals surface area contributed by atoms with E-state index in [1.54, 1.807) is 0 Å². The zero-order valence-electron chi connectivity index (χ0n) is 10.9. The van der Waals surface area contributed by atoms with Crippen LogP contribution in [0.25, 0.3) is 0 Å². The second kappa shape index (κ2) is 6.98. The molecule has 106 valence electrons. The molecule has 0 radical (unpaired) electrons. The van der Waals surface area contributed by atoms with Crippen LogP contribution >= 0.6 is 0 Å². The van der Waals surface area contributed by atoms with Gasteiger partial charge in [0.15, 0.2) is 12.5 Å². The zero-order valence-corrected chi connectivity index (χ0v) is 10.9. The standard InChI is InChI=1S/C11H19FO6/c1-6(13)17-5-7-8(12)9(14-2)10(15-3)11(16-4)18-7/h7-11H,5H2,1-4H3/t7-,8-,9+,10-,11+/m1/s1. The van der Waals surface area contributed by atoms with Gasteiger partial charge in [-0.2, -0.15) is 0 Å². The third-order valence-electron chi connectivity index (χ3n) is 2.80. The van der Waals surface area contributed by atoms with Crippen LogP contribution < -0.4 is 0 Å². The molecule has 0 unspecified atom stereocenters. The number of halogens is 1. The maximum Gasteiger partial charge on any atom is 0.302 e. The first-order valence-electron chi connectivity index (χ1n) is 5.56. The van der Waals surface area contributed by atoms with E-state index in [1.165, 1.54) is 28.3 Å². The molecule has 1 aliphatic rings. The Labute approximate surface area is 105 Å². The molecule has 0 aromatic heterocycles. The van der Waals surface area contributed by atoms with Crippen LogP contribution in [-0.2, 0) is 28.5 Å². The molecule has 18 heavy (non-hydrogen) atoms. The van der Waals surface area contributed by atoms with E-state index in [0.717, 1.165) is 0 Å². The quantitative estimate of drug-likeness (QED) is 0.666. The SMILES string of the molecule is CO[C@H]1O[C@H](COC(C)=O)[C@@H](F)[C@H](OC)[C@H]1OC. The van der Waals surface area contributed by atoms with Gasteiger partial charge in [-0.3, -0.25) is 4.79 Å². The molecule has 0 aromatic rings. The van der Waals surface area contributed by atoms with Crippen molar-refractivity contribution in [2.45, 2.75) is 37.7 Å². The Morgan fingerprint density at radius 3 is 2.22 bits per heavy atom. The number of methoxy groups -OCH3 is 3. The predicted molar refractivity (Wildman–Crippen MR) is 58.8 cm³/mol. The fourth-order valence-electron chi connectivity index (χ4n) is 1.90. The first-order chi connectivity index (χ1) is 8.54. The zero-order chi connectivity index (χ0) is 13.7. The first kappa shape index (κ1) is 15.3. The third kappa shape index (κ3) is 3.38. The number of carbonyl (C=O) groups is 1. The van der Waals surface area contributed by atoms with Gasteiger partial charge in [-0.15, -0.1) is 0 Å². The van der Waals surface area contributed by atoms with Crippen LogP contribution in [0.4, 0.5) is 4.39 Å². The normalized spacial score (nSPS) is 36.4. The van der Waals surface area contributed by atoms with Crippen molar-refractivity contribution in [1.82, 2.24) is 0 Å². The van der Waals surface area contributed by atoms with Crippen LogP contribution in [0.1, 0.15) is 6.92 Å². The van der Waals surface area contributed by atoms with Gasteiger partial charge >= 0.3 is 5.97 Å². The van der Waals surface area contributed by atoms with Crippen molar-refractivity contribution >= 4 is 5.97 Å². The minimum atomic E-state index is -1.47. The van der Waals surface area contributed by atoms with Gasteiger partial charge in [0, 0.05) is 28.3 Å². The summed E-state index contributed by atoms with van der Waals surface area (Å²) in [7, 11) is 4.22. The van der Waals surface area contributed by atoms with Crippen molar-refractivity contribution < 1.29 is 32.9 Å². The summed E-state index contributed by atoms with van der Waals surface area (Å²) in [6.07, 6.45) is -4.69. The van der Waals surface area contributed by atoms with Gasteiger partial charge in [0.25, 0.3) is 0 Å². The summed E-state index contributed by atoms with van der Waals surface area (Å²) in [4.78, 5) is 10.7. The van der Waals surface area contributed by atoms with Crippen molar-refractivity contribution in [2.24, 2.45) is 0 Å². The smallest absolute Gasteiger partial charge is 0.302 e. The maximum atomic E-state index is 14.1. The van der Waals surface area contributed by atoms with Gasteiger partial charge < -0.3 is 23.7 Å². The summed E-state index contributed by atoms with van der Waals surface area (Å²) in [6.45, 7) is 1.06. The summed E-state index contributed by atoms with van der Waals surface area (Å²) in [5.41, 5.74) is 0. The van der Waals surface area contributed by atoms with E-state index in [2.05, 4.69) is 0 Å². The molecule has 1 heterocycles. The third-order valence-corrected chi connectivity index (χ3v) is 2.80. The van der Waals surface area contributed by atoms with Gasteiger partial charge in [0.05, 0.1) is 0 Å². The molecule has 7 heteroatoms. The Balaban J connectivity index is 2.73. The average molecular weight is 266 g/mol. The van der Waals surface area contributed by atoms with Crippen LogP contribution in [0.15, 0.2) is 0 Å². The van der Waals surface area contributed by atoms with Crippen LogP contribution in [0, 0.1) is 0 Å². The summed E-state index contributed by atoms with van der Waals surface area (Å²) in [5, 5.41) is 0. The number of rotatable bonds is 5. The lowest BCUT2D eigenvalue weighted by Gasteiger charge is -2.41. The highest BCUT2D eigenvalue weighted by atomic mass is 19.1. The van der Waals surface area contributed by atoms with Crippen LogP contribution in [-0.4, -0.2) is 64.7 Å². The Bertz CT molecular complexity index is 274. The van der Waals surface area contributed by atoms with Crippen LogP contribution in [0.5, 0.6) is 0 Å². The number of alkyl halides is 1. The Hall–Kier alpha value is -0.760. The van der Waals surface area contributed by atoms with E-state index < -0.39 is 36.7 Å². The molecule has 0 bridgehead atoms. The molecular weight excluding hydrogens is 247 g/mol. The Morgan fingerprint density at radius 1 is 1.17 bits per heavy atom. The second-order valence-electron chi connectivity index (χ2n) is 3.93. The average Bonchev–Trinajstić information content (AvgIpc) is 2.36. The van der Waals surface area contributed by atoms with Gasteiger partial charge in [-0.05, 0) is 0 Å². The van der Waals surface area contributed by atoms with E-state index in [-0.39, 0.29) is 6.61 Å². The molecule has 1 aliphatic heterocycles. The summed E-state index contributed by atoms with van der Waals surface area (Å²) >= 11 is 0. The molecular formula is C11H19FO6. The number of carbonyl (C=O) groups excluding carboxylic acids is 1. The number of hydrogen-bond donors (Lipinski definition) is 0. The van der Waals surface area contributed by atoms with E-state index in [9.17, 15) is 9.18 Å². The van der Waals surface area contributed by atoms with Gasteiger partial charge in [-0.1, -0.05) is 0 Å². The largest absolute Gasteiger partial charge is 0.463 e. The van der Waals surface area contributed by atoms with Crippen molar-refractivity contribution in [3.05, 3.63) is 0 Å². The fourth-order valence-corrected chi connectivity index (χ4v) is 1.90. The van der Waals surface area contributed by atoms with Crippen LogP contribution in [0.3, 0.4) is 0 Å². The summed E-state index contributed by atoms with van der Waals surface area (Å²) in [6, 6.07) is 0. The van der Waals surface area contributed by atoms with Crippen molar-refractivity contribution in [3.63, 3.8) is 0 Å². The second-order valence-corrected chi connectivity index (χ2v) is 3.93. The fraction of sp³-hybridized carbons (Fsp3) is 0.909. The van der Waals surface area contributed by atoms with Crippen molar-refractivity contribution in [2.75, 3.05) is 27.9 Å². The topological polar surface area (TPSA) is 63.2 Å². The van der Waals surface area contributed by atoms with Crippen LogP contribution in [0.2, 0.25) is 0 Å². The predicted octanol–water partition coefficient (Wildman–Crippen LogP) is 0.289. The molecule has 0 spiro atoms. The van der Waals surface area contributed by atoms with E-state index >= 15 is 0 Å². The van der Waals surface area contributed by atoms with E-state index in [0.29, 0.717) is 0 Å². The lowest BCUT2D eigenvalue weighted by atomic mass is 10.00. The molecule has 0 aromatic carbocycles. The minimum Gasteiger partial charge on any atom is -0.463 e. The molecule has 0 amide bonds. The number of ether oxygens (including phenoxy) is 5. The molecule has 5 atom stereocenters. The lowest BCUT2D eigenvalue weighted by Crippen LogP contribution is -2.59. The highest BCUT2D eigenvalue weighted by Gasteiger charge is 2.47. The van der Waals surface area contributed by atoms with Gasteiger partial charge in [0.2, 0.25) is 0 Å². The van der Waals surface area contributed by atoms with E-state index in [1.807, 2.05) is 0 Å². The van der Waals surface area contributed by atoms with Gasteiger partial charge in [0.1, 0.15) is 24.9 Å². The highest BCUT2D eigenvalue weighted by molar-refractivity contribution is 5.65. The molecule has 6 nitrogen and oxygen atoms in total. The number of esters is 1. The molecule has 1 rings (SSSR count).